The summed E-state index contributed by atoms with van der Waals surface area (Å²) < 4.78 is 78.4. The van der Waals surface area contributed by atoms with Crippen molar-refractivity contribution >= 4 is 45.0 Å². The second-order valence-electron chi connectivity index (χ2n) is 13.6. The lowest BCUT2D eigenvalue weighted by atomic mass is 9.99. The molecule has 0 saturated carbocycles. The average molecular weight is 805 g/mol. The van der Waals surface area contributed by atoms with Crippen molar-refractivity contribution in [1.29, 1.82) is 0 Å². The van der Waals surface area contributed by atoms with Crippen molar-refractivity contribution in [2.45, 2.75) is 32.5 Å². The minimum Gasteiger partial charge on any atom is -0.493 e. The van der Waals surface area contributed by atoms with E-state index in [0.29, 0.717) is 29.0 Å². The van der Waals surface area contributed by atoms with Gasteiger partial charge in [-0.1, -0.05) is 48.9 Å². The van der Waals surface area contributed by atoms with E-state index in [2.05, 4.69) is 26.9 Å². The van der Waals surface area contributed by atoms with E-state index < -0.39 is 35.0 Å². The molecule has 6 aromatic rings. The fourth-order valence-corrected chi connectivity index (χ4v) is 7.14. The second kappa shape index (κ2) is 16.7. The van der Waals surface area contributed by atoms with E-state index >= 15 is 4.39 Å². The van der Waals surface area contributed by atoms with Gasteiger partial charge in [-0.15, -0.1) is 13.2 Å². The van der Waals surface area contributed by atoms with Crippen LogP contribution in [0.5, 0.6) is 28.7 Å². The van der Waals surface area contributed by atoms with Gasteiger partial charge in [0.1, 0.15) is 11.3 Å². The molecule has 0 unspecified atom stereocenters. The maximum absolute atomic E-state index is 15.6. The summed E-state index contributed by atoms with van der Waals surface area (Å²) in [7, 11) is 1.52. The van der Waals surface area contributed by atoms with Crippen molar-refractivity contribution in [1.82, 2.24) is 14.5 Å². The van der Waals surface area contributed by atoms with Gasteiger partial charge in [-0.2, -0.15) is 0 Å². The van der Waals surface area contributed by atoms with Gasteiger partial charge < -0.3 is 29.2 Å². The molecule has 296 valence electrons. The number of halogens is 5. The van der Waals surface area contributed by atoms with E-state index in [4.69, 9.17) is 25.8 Å². The molecule has 0 radical (unpaired) electrons. The van der Waals surface area contributed by atoms with E-state index in [0.717, 1.165) is 48.7 Å². The number of methoxy groups -OCH3 is 1. The van der Waals surface area contributed by atoms with Crippen molar-refractivity contribution in [3.63, 3.8) is 0 Å². The lowest BCUT2D eigenvalue weighted by Crippen LogP contribution is -2.34. The minimum atomic E-state index is -5.07. The molecule has 0 aliphatic carbocycles. The summed E-state index contributed by atoms with van der Waals surface area (Å²) in [6.07, 6.45) is -0.280. The lowest BCUT2D eigenvalue weighted by molar-refractivity contribution is -0.274. The van der Waals surface area contributed by atoms with Crippen LogP contribution in [0.1, 0.15) is 36.5 Å². The first-order valence-corrected chi connectivity index (χ1v) is 18.6. The van der Waals surface area contributed by atoms with E-state index in [9.17, 15) is 22.8 Å². The molecule has 1 saturated heterocycles. The molecule has 1 fully saturated rings. The van der Waals surface area contributed by atoms with Crippen LogP contribution < -0.4 is 29.8 Å². The Kier molecular flexibility index (Phi) is 11.5. The van der Waals surface area contributed by atoms with Crippen LogP contribution in [0.4, 0.5) is 23.2 Å². The van der Waals surface area contributed by atoms with Crippen molar-refractivity contribution in [2.24, 2.45) is 5.92 Å². The van der Waals surface area contributed by atoms with Crippen LogP contribution in [0.3, 0.4) is 0 Å². The van der Waals surface area contributed by atoms with Gasteiger partial charge in [0.25, 0.3) is 11.5 Å². The first kappa shape index (κ1) is 39.4. The summed E-state index contributed by atoms with van der Waals surface area (Å²) in [6, 6.07) is 19.8. The number of fused-ring (bicyclic) bond motifs is 2. The topological polar surface area (TPSA) is 104 Å². The number of nitrogens with one attached hydrogen (secondary N) is 1. The number of hydrogen-bond donors (Lipinski definition) is 1. The third-order valence-electron chi connectivity index (χ3n) is 9.73. The fourth-order valence-electron chi connectivity index (χ4n) is 6.81. The van der Waals surface area contributed by atoms with E-state index in [1.807, 2.05) is 0 Å². The molecular weight excluding hydrogens is 768 g/mol. The Morgan fingerprint density at radius 3 is 2.42 bits per heavy atom. The summed E-state index contributed by atoms with van der Waals surface area (Å²) in [5.41, 5.74) is -1.30. The minimum absolute atomic E-state index is 0.0567. The number of ether oxygens (including phenoxy) is 4. The van der Waals surface area contributed by atoms with Crippen LogP contribution in [-0.4, -0.2) is 60.1 Å². The van der Waals surface area contributed by atoms with Crippen molar-refractivity contribution < 1.29 is 41.3 Å². The number of amides is 1. The fraction of sp³-hybridized carbons (Fsp3) is 0.262. The monoisotopic (exact) mass is 804 g/mol. The van der Waals surface area contributed by atoms with E-state index in [1.165, 1.54) is 68.6 Å². The third kappa shape index (κ3) is 8.76. The predicted molar refractivity (Wildman–Crippen MR) is 209 cm³/mol. The van der Waals surface area contributed by atoms with Crippen LogP contribution in [0, 0.1) is 11.7 Å². The first-order valence-electron chi connectivity index (χ1n) is 18.2. The van der Waals surface area contributed by atoms with Gasteiger partial charge in [0.05, 0.1) is 35.5 Å². The van der Waals surface area contributed by atoms with Gasteiger partial charge in [-0.25, -0.2) is 4.39 Å². The largest absolute Gasteiger partial charge is 0.573 e. The number of piperidine rings is 1. The summed E-state index contributed by atoms with van der Waals surface area (Å²) in [6.45, 7) is 5.92. The van der Waals surface area contributed by atoms with Crippen LogP contribution in [0.15, 0.2) is 95.9 Å². The number of pyridine rings is 2. The molecule has 3 heterocycles. The van der Waals surface area contributed by atoms with E-state index in [-0.39, 0.29) is 38.8 Å². The van der Waals surface area contributed by atoms with Crippen LogP contribution in [0.2, 0.25) is 5.02 Å². The Balaban J connectivity index is 1.11. The van der Waals surface area contributed by atoms with Gasteiger partial charge in [0.2, 0.25) is 0 Å². The highest BCUT2D eigenvalue weighted by Crippen LogP contribution is 2.38. The predicted octanol–water partition coefficient (Wildman–Crippen LogP) is 9.78. The zero-order chi connectivity index (χ0) is 40.3. The molecule has 4 aromatic carbocycles. The summed E-state index contributed by atoms with van der Waals surface area (Å²) in [5.74, 6) is -0.725. The normalized spacial score (nSPS) is 13.8. The van der Waals surface area contributed by atoms with Gasteiger partial charge in [-0.05, 0) is 80.7 Å². The average Bonchev–Trinajstić information content (AvgIpc) is 3.18. The molecule has 1 amide bonds. The summed E-state index contributed by atoms with van der Waals surface area (Å²) in [4.78, 5) is 34.5. The Bertz CT molecular complexity index is 2500. The first-order chi connectivity index (χ1) is 27.4. The lowest BCUT2D eigenvalue weighted by Gasteiger charge is -2.30. The highest BCUT2D eigenvalue weighted by atomic mass is 35.5. The molecule has 1 N–H and O–H groups in total. The number of aromatic nitrogens is 2. The molecule has 0 atom stereocenters. The van der Waals surface area contributed by atoms with Gasteiger partial charge in [0, 0.05) is 41.3 Å². The van der Waals surface area contributed by atoms with E-state index in [1.54, 1.807) is 30.3 Å². The molecule has 0 bridgehead atoms. The smallest absolute Gasteiger partial charge is 0.493 e. The number of alkyl halides is 3. The summed E-state index contributed by atoms with van der Waals surface area (Å²) >= 11 is 6.60. The van der Waals surface area contributed by atoms with Crippen LogP contribution in [-0.2, 0) is 0 Å². The molecule has 57 heavy (non-hydrogen) atoms. The van der Waals surface area contributed by atoms with Crippen LogP contribution >= 0.6 is 11.6 Å². The Morgan fingerprint density at radius 2 is 1.67 bits per heavy atom. The number of benzene rings is 4. The van der Waals surface area contributed by atoms with Crippen molar-refractivity contribution in [3.05, 3.63) is 118 Å². The Morgan fingerprint density at radius 1 is 0.912 bits per heavy atom. The van der Waals surface area contributed by atoms with Crippen LogP contribution in [0.25, 0.3) is 27.5 Å². The Labute approximate surface area is 329 Å². The highest BCUT2D eigenvalue weighted by molar-refractivity contribution is 6.39. The zero-order valence-electron chi connectivity index (χ0n) is 30.9. The van der Waals surface area contributed by atoms with Gasteiger partial charge in [0.15, 0.2) is 28.8 Å². The number of carbonyl (C=O) groups excluding carboxylic acids is 1. The maximum atomic E-state index is 15.6. The number of nitrogens with zero attached hydrogens (tertiary/aromatic N) is 3. The molecule has 10 nitrogen and oxygen atoms in total. The standard InChI is InChI=1S/C42H37ClF4N4O6/c1-25-15-19-50(20-16-25)18-7-21-55-37-24-30-28(23-36(37)54-2)33(14-17-48-30)56-34-13-12-26(22-29(34)44)49-40(52)38-39(43)27-8-3-4-9-31(27)51(41(38)53)32-10-5-6-11-35(32)57-42(45,46)47/h3-6,8-14,17,22-25H,7,15-16,18-21H2,1-2H3,(H,49,52). The molecular formula is C42H37ClF4N4O6. The molecule has 7 rings (SSSR count). The van der Waals surface area contributed by atoms with Gasteiger partial charge in [-0.3, -0.25) is 19.1 Å². The second-order valence-corrected chi connectivity index (χ2v) is 14.0. The SMILES string of the molecule is COc1cc2c(Oc3ccc(NC(=O)c4c(Cl)c5ccccc5n(-c5ccccc5OC(F)(F)F)c4=O)cc3F)ccnc2cc1OCCCN1CCC(C)CC1. The zero-order valence-corrected chi connectivity index (χ0v) is 31.6. The number of rotatable bonds is 12. The molecule has 15 heteroatoms. The molecule has 2 aromatic heterocycles. The Hall–Kier alpha value is -5.86. The van der Waals surface area contributed by atoms with Gasteiger partial charge >= 0.3 is 6.36 Å². The van der Waals surface area contributed by atoms with Crippen molar-refractivity contribution in [3.8, 4) is 34.4 Å². The maximum Gasteiger partial charge on any atom is 0.573 e. The molecule has 1 aliphatic heterocycles. The number of para-hydroxylation sites is 3. The number of hydrogen-bond acceptors (Lipinski definition) is 8. The number of anilines is 1. The molecule has 1 aliphatic rings. The highest BCUT2D eigenvalue weighted by Gasteiger charge is 2.33. The summed E-state index contributed by atoms with van der Waals surface area (Å²) in [5, 5.41) is 2.95. The third-order valence-corrected chi connectivity index (χ3v) is 10.1. The number of carbonyl (C=O) groups is 1. The number of likely N-dealkylation sites (tertiary alicyclic amines) is 1. The van der Waals surface area contributed by atoms with Crippen molar-refractivity contribution in [2.75, 3.05) is 38.7 Å². The quantitative estimate of drug-likeness (QED) is 0.0964. The molecule has 0 spiro atoms.